The summed E-state index contributed by atoms with van der Waals surface area (Å²) in [5, 5.41) is 1.16. The second-order valence-electron chi connectivity index (χ2n) is 4.41. The maximum Gasteiger partial charge on any atom is 0.170 e. The number of hydrogen-bond donors (Lipinski definition) is 1. The minimum Gasteiger partial charge on any atom is -0.351 e. The molecule has 0 aliphatic rings. The number of fused-ring (bicyclic) bond motifs is 1. The molecule has 0 bridgehead atoms. The number of carbonyl (C=O) groups is 1. The summed E-state index contributed by atoms with van der Waals surface area (Å²) in [4.78, 5) is 18.2. The molecule has 0 aliphatic carbocycles. The van der Waals surface area contributed by atoms with Crippen LogP contribution in [0, 0.1) is 6.92 Å². The van der Waals surface area contributed by atoms with Gasteiger partial charge in [0.2, 0.25) is 0 Å². The van der Waals surface area contributed by atoms with Crippen molar-refractivity contribution in [3.63, 3.8) is 0 Å². The van der Waals surface area contributed by atoms with Crippen molar-refractivity contribution in [3.8, 4) is 11.4 Å². The zero-order valence-electron chi connectivity index (χ0n) is 10.3. The Morgan fingerprint density at radius 3 is 2.89 bits per heavy atom. The third kappa shape index (κ3) is 1.54. The van der Waals surface area contributed by atoms with Gasteiger partial charge in [0.1, 0.15) is 11.5 Å². The van der Waals surface area contributed by atoms with Gasteiger partial charge in [-0.2, -0.15) is 0 Å². The zero-order chi connectivity index (χ0) is 12.7. The van der Waals surface area contributed by atoms with Gasteiger partial charge in [0.05, 0.1) is 0 Å². The molecule has 4 heteroatoms. The SMILES string of the molecule is Cc1[nH]c(-c2ccc3c(ccn3C)c2)nc1C=O. The normalized spacial score (nSPS) is 11.0. The number of imidazole rings is 1. The van der Waals surface area contributed by atoms with Gasteiger partial charge in [0.15, 0.2) is 6.29 Å². The molecule has 0 spiro atoms. The van der Waals surface area contributed by atoms with Crippen LogP contribution >= 0.6 is 0 Å². The summed E-state index contributed by atoms with van der Waals surface area (Å²) < 4.78 is 2.07. The minimum absolute atomic E-state index is 0.471. The lowest BCUT2D eigenvalue weighted by Crippen LogP contribution is -1.85. The molecule has 1 aromatic carbocycles. The lowest BCUT2D eigenvalue weighted by atomic mass is 10.1. The molecule has 2 heterocycles. The first kappa shape index (κ1) is 10.8. The van der Waals surface area contributed by atoms with Crippen LogP contribution in [0.25, 0.3) is 22.3 Å². The number of benzene rings is 1. The highest BCUT2D eigenvalue weighted by atomic mass is 16.1. The van der Waals surface area contributed by atoms with E-state index in [-0.39, 0.29) is 0 Å². The fourth-order valence-corrected chi connectivity index (χ4v) is 2.15. The smallest absolute Gasteiger partial charge is 0.170 e. The van der Waals surface area contributed by atoms with Gasteiger partial charge in [-0.1, -0.05) is 0 Å². The van der Waals surface area contributed by atoms with Crippen molar-refractivity contribution in [1.29, 1.82) is 0 Å². The van der Waals surface area contributed by atoms with Crippen LogP contribution in [-0.4, -0.2) is 20.8 Å². The van der Waals surface area contributed by atoms with E-state index in [0.717, 1.165) is 28.8 Å². The van der Waals surface area contributed by atoms with E-state index in [1.165, 1.54) is 5.52 Å². The molecule has 1 N–H and O–H groups in total. The average molecular weight is 239 g/mol. The summed E-state index contributed by atoms with van der Waals surface area (Å²) in [5.41, 5.74) is 3.44. The number of nitrogens with one attached hydrogen (secondary N) is 1. The molecule has 90 valence electrons. The number of hydrogen-bond acceptors (Lipinski definition) is 2. The van der Waals surface area contributed by atoms with Crippen LogP contribution in [0.2, 0.25) is 0 Å². The van der Waals surface area contributed by atoms with Crippen molar-refractivity contribution < 1.29 is 4.79 Å². The van der Waals surface area contributed by atoms with Crippen LogP contribution in [0.5, 0.6) is 0 Å². The molecule has 0 fully saturated rings. The van der Waals surface area contributed by atoms with E-state index in [0.29, 0.717) is 5.69 Å². The number of aromatic nitrogens is 3. The summed E-state index contributed by atoms with van der Waals surface area (Å²) in [5.74, 6) is 0.736. The van der Waals surface area contributed by atoms with E-state index >= 15 is 0 Å². The topological polar surface area (TPSA) is 50.7 Å². The molecule has 0 radical (unpaired) electrons. The Hall–Kier alpha value is -2.36. The van der Waals surface area contributed by atoms with Crippen LogP contribution in [0.4, 0.5) is 0 Å². The van der Waals surface area contributed by atoms with Gasteiger partial charge in [-0.25, -0.2) is 4.98 Å². The summed E-state index contributed by atoms with van der Waals surface area (Å²) in [6, 6.07) is 8.20. The van der Waals surface area contributed by atoms with Gasteiger partial charge in [0, 0.05) is 35.4 Å². The third-order valence-electron chi connectivity index (χ3n) is 3.19. The molecule has 0 saturated heterocycles. The fourth-order valence-electron chi connectivity index (χ4n) is 2.15. The summed E-state index contributed by atoms with van der Waals surface area (Å²) in [6.45, 7) is 1.85. The van der Waals surface area contributed by atoms with Crippen LogP contribution in [-0.2, 0) is 7.05 Å². The molecule has 0 saturated carbocycles. The van der Waals surface area contributed by atoms with Crippen molar-refractivity contribution in [3.05, 3.63) is 41.9 Å². The predicted octanol–water partition coefficient (Wildman–Crippen LogP) is 2.69. The van der Waals surface area contributed by atoms with Crippen molar-refractivity contribution >= 4 is 17.2 Å². The monoisotopic (exact) mass is 239 g/mol. The first-order chi connectivity index (χ1) is 8.69. The van der Waals surface area contributed by atoms with E-state index < -0.39 is 0 Å². The Bertz CT molecular complexity index is 737. The van der Waals surface area contributed by atoms with Gasteiger partial charge in [-0.15, -0.1) is 0 Å². The maximum atomic E-state index is 10.8. The Kier molecular flexibility index (Phi) is 2.30. The van der Waals surface area contributed by atoms with Gasteiger partial charge >= 0.3 is 0 Å². The van der Waals surface area contributed by atoms with E-state index in [1.54, 1.807) is 0 Å². The zero-order valence-corrected chi connectivity index (χ0v) is 10.3. The Balaban J connectivity index is 2.15. The first-order valence-electron chi connectivity index (χ1n) is 5.76. The molecule has 0 aliphatic heterocycles. The number of nitrogens with zero attached hydrogens (tertiary/aromatic N) is 2. The number of aryl methyl sites for hydroxylation is 2. The van der Waals surface area contributed by atoms with E-state index in [2.05, 4.69) is 32.7 Å². The second kappa shape index (κ2) is 3.84. The van der Waals surface area contributed by atoms with Crippen molar-refractivity contribution in [2.24, 2.45) is 7.05 Å². The van der Waals surface area contributed by atoms with E-state index in [4.69, 9.17) is 0 Å². The lowest BCUT2D eigenvalue weighted by Gasteiger charge is -1.99. The van der Waals surface area contributed by atoms with Crippen LogP contribution in [0.15, 0.2) is 30.5 Å². The van der Waals surface area contributed by atoms with Crippen LogP contribution < -0.4 is 0 Å². The molecule has 18 heavy (non-hydrogen) atoms. The molecular formula is C14H13N3O. The number of carbonyl (C=O) groups excluding carboxylic acids is 1. The Morgan fingerprint density at radius 1 is 1.33 bits per heavy atom. The van der Waals surface area contributed by atoms with E-state index in [1.807, 2.05) is 26.2 Å². The number of aldehydes is 1. The fraction of sp³-hybridized carbons (Fsp3) is 0.143. The van der Waals surface area contributed by atoms with Crippen molar-refractivity contribution in [2.75, 3.05) is 0 Å². The lowest BCUT2D eigenvalue weighted by molar-refractivity contribution is 0.111. The second-order valence-corrected chi connectivity index (χ2v) is 4.41. The predicted molar refractivity (Wildman–Crippen MR) is 70.6 cm³/mol. The highest BCUT2D eigenvalue weighted by Crippen LogP contribution is 2.23. The summed E-state index contributed by atoms with van der Waals surface area (Å²) >= 11 is 0. The first-order valence-corrected chi connectivity index (χ1v) is 5.76. The van der Waals surface area contributed by atoms with Crippen LogP contribution in [0.3, 0.4) is 0 Å². The van der Waals surface area contributed by atoms with Gasteiger partial charge < -0.3 is 9.55 Å². The van der Waals surface area contributed by atoms with Gasteiger partial charge in [-0.05, 0) is 31.2 Å². The largest absolute Gasteiger partial charge is 0.351 e. The maximum absolute atomic E-state index is 10.8. The van der Waals surface area contributed by atoms with E-state index in [9.17, 15) is 4.79 Å². The van der Waals surface area contributed by atoms with Gasteiger partial charge in [0.25, 0.3) is 0 Å². The number of rotatable bonds is 2. The Labute approximate surface area is 104 Å². The molecule has 0 amide bonds. The highest BCUT2D eigenvalue weighted by Gasteiger charge is 2.08. The summed E-state index contributed by atoms with van der Waals surface area (Å²) in [7, 11) is 2.02. The van der Waals surface area contributed by atoms with Crippen molar-refractivity contribution in [2.45, 2.75) is 6.92 Å². The molecule has 0 unspecified atom stereocenters. The summed E-state index contributed by atoms with van der Waals surface area (Å²) in [6.07, 6.45) is 2.80. The standard InChI is InChI=1S/C14H13N3O/c1-9-12(8-18)16-14(15-9)11-3-4-13-10(7-11)5-6-17(13)2/h3-8H,1-2H3,(H,15,16). The molecule has 4 nitrogen and oxygen atoms in total. The van der Waals surface area contributed by atoms with Crippen molar-refractivity contribution in [1.82, 2.24) is 14.5 Å². The minimum atomic E-state index is 0.471. The highest BCUT2D eigenvalue weighted by molar-refractivity contribution is 5.85. The molecule has 3 aromatic rings. The quantitative estimate of drug-likeness (QED) is 0.699. The van der Waals surface area contributed by atoms with Crippen LogP contribution in [0.1, 0.15) is 16.2 Å². The molecule has 2 aromatic heterocycles. The number of H-pyrrole nitrogens is 1. The average Bonchev–Trinajstić information content (AvgIpc) is 2.93. The molecule has 0 atom stereocenters. The third-order valence-corrected chi connectivity index (χ3v) is 3.19. The number of aromatic amines is 1. The molecular weight excluding hydrogens is 226 g/mol. The molecule has 3 rings (SSSR count). The van der Waals surface area contributed by atoms with Gasteiger partial charge in [-0.3, -0.25) is 4.79 Å². The Morgan fingerprint density at radius 2 is 2.17 bits per heavy atom.